The van der Waals surface area contributed by atoms with Gasteiger partial charge in [0.05, 0.1) is 5.92 Å². The number of carbonyl (C=O) groups excluding carboxylic acids is 2. The maximum Gasteiger partial charge on any atom is 0.227 e. The highest BCUT2D eigenvalue weighted by molar-refractivity contribution is 5.89. The number of nitrogens with zero attached hydrogens (tertiary/aromatic N) is 5. The van der Waals surface area contributed by atoms with Crippen LogP contribution >= 0.6 is 0 Å². The fraction of sp³-hybridized carbons (Fsp3) is 0.739. The topological polar surface area (TPSA) is 78.9 Å². The summed E-state index contributed by atoms with van der Waals surface area (Å²) in [7, 11) is 0. The third-order valence-electron chi connectivity index (χ3n) is 7.30. The van der Waals surface area contributed by atoms with Crippen molar-refractivity contribution in [3.05, 3.63) is 18.1 Å². The van der Waals surface area contributed by atoms with Crippen molar-refractivity contribution in [2.24, 2.45) is 5.92 Å². The zero-order valence-electron chi connectivity index (χ0n) is 18.4. The van der Waals surface area contributed by atoms with E-state index in [4.69, 9.17) is 4.74 Å². The first-order valence-corrected chi connectivity index (χ1v) is 11.8. The summed E-state index contributed by atoms with van der Waals surface area (Å²) in [5.74, 6) is 1.14. The van der Waals surface area contributed by atoms with Crippen LogP contribution in [0.25, 0.3) is 0 Å². The zero-order valence-corrected chi connectivity index (χ0v) is 18.4. The normalized spacial score (nSPS) is 25.8. The Morgan fingerprint density at radius 2 is 1.77 bits per heavy atom. The summed E-state index contributed by atoms with van der Waals surface area (Å²) in [6.07, 6.45) is 8.13. The predicted molar refractivity (Wildman–Crippen MR) is 116 cm³/mol. The van der Waals surface area contributed by atoms with Crippen LogP contribution < -0.4 is 4.90 Å². The van der Waals surface area contributed by atoms with Gasteiger partial charge in [0.15, 0.2) is 0 Å². The summed E-state index contributed by atoms with van der Waals surface area (Å²) in [6.45, 7) is 5.53. The van der Waals surface area contributed by atoms with Gasteiger partial charge in [-0.1, -0.05) is 0 Å². The molecule has 0 bridgehead atoms. The summed E-state index contributed by atoms with van der Waals surface area (Å²) in [5, 5.41) is 0. The van der Waals surface area contributed by atoms with Gasteiger partial charge in [0.2, 0.25) is 11.8 Å². The summed E-state index contributed by atoms with van der Waals surface area (Å²) in [6, 6.07) is 3.30. The number of aryl methyl sites for hydroxylation is 1. The molecule has 4 fully saturated rings. The third kappa shape index (κ3) is 4.40. The van der Waals surface area contributed by atoms with Crippen LogP contribution in [0.15, 0.2) is 12.4 Å². The lowest BCUT2D eigenvalue weighted by atomic mass is 9.99. The number of ether oxygens (including phenoxy) is 1. The Morgan fingerprint density at radius 1 is 1.06 bits per heavy atom. The Labute approximate surface area is 183 Å². The molecule has 1 aromatic heterocycles. The van der Waals surface area contributed by atoms with Gasteiger partial charge in [-0.3, -0.25) is 9.59 Å². The fourth-order valence-corrected chi connectivity index (χ4v) is 5.48. The average Bonchev–Trinajstić information content (AvgIpc) is 3.55. The van der Waals surface area contributed by atoms with E-state index in [0.717, 1.165) is 50.3 Å². The largest absolute Gasteiger partial charge is 0.381 e. The lowest BCUT2D eigenvalue weighted by Crippen LogP contribution is -2.49. The first-order valence-electron chi connectivity index (χ1n) is 11.8. The number of piperidine rings is 1. The zero-order chi connectivity index (χ0) is 21.4. The summed E-state index contributed by atoms with van der Waals surface area (Å²) < 4.78 is 5.43. The Hall–Kier alpha value is -2.22. The molecule has 1 unspecified atom stereocenters. The van der Waals surface area contributed by atoms with Crippen LogP contribution in [0.2, 0.25) is 0 Å². The number of hydrogen-bond acceptors (Lipinski definition) is 6. The average molecular weight is 428 g/mol. The second kappa shape index (κ2) is 8.73. The molecule has 5 rings (SSSR count). The molecule has 31 heavy (non-hydrogen) atoms. The van der Waals surface area contributed by atoms with E-state index < -0.39 is 0 Å². The van der Waals surface area contributed by atoms with Gasteiger partial charge in [-0.2, -0.15) is 0 Å². The van der Waals surface area contributed by atoms with Crippen LogP contribution in [0.3, 0.4) is 0 Å². The van der Waals surface area contributed by atoms with E-state index in [1.165, 1.54) is 12.8 Å². The molecule has 0 radical (unpaired) electrons. The molecular formula is C23H33N5O3. The van der Waals surface area contributed by atoms with Crippen molar-refractivity contribution in [1.29, 1.82) is 0 Å². The second-order valence-electron chi connectivity index (χ2n) is 9.50. The van der Waals surface area contributed by atoms with Crippen LogP contribution in [0.4, 0.5) is 5.82 Å². The van der Waals surface area contributed by atoms with Gasteiger partial charge >= 0.3 is 0 Å². The minimum absolute atomic E-state index is 0.138. The van der Waals surface area contributed by atoms with Gasteiger partial charge in [-0.25, -0.2) is 9.97 Å². The number of hydrogen-bond donors (Lipinski definition) is 0. The monoisotopic (exact) mass is 427 g/mol. The maximum atomic E-state index is 13.2. The number of carbonyl (C=O) groups is 2. The maximum absolute atomic E-state index is 13.2. The van der Waals surface area contributed by atoms with E-state index in [2.05, 4.69) is 20.9 Å². The highest BCUT2D eigenvalue weighted by Crippen LogP contribution is 2.36. The molecule has 1 aliphatic carbocycles. The molecule has 8 nitrogen and oxygen atoms in total. The number of anilines is 1. The van der Waals surface area contributed by atoms with Crippen LogP contribution in [-0.4, -0.2) is 82.6 Å². The Balaban J connectivity index is 1.18. The molecule has 168 valence electrons. The predicted octanol–water partition coefficient (Wildman–Crippen LogP) is 1.77. The van der Waals surface area contributed by atoms with Gasteiger partial charge < -0.3 is 19.4 Å². The van der Waals surface area contributed by atoms with Crippen LogP contribution in [0.1, 0.15) is 50.6 Å². The summed E-state index contributed by atoms with van der Waals surface area (Å²) in [5.41, 5.74) is 0.989. The van der Waals surface area contributed by atoms with Crippen molar-refractivity contribution in [1.82, 2.24) is 19.8 Å². The summed E-state index contributed by atoms with van der Waals surface area (Å²) >= 11 is 0. The fourth-order valence-electron chi connectivity index (χ4n) is 5.48. The standard InChI is InChI=1S/C23H33N5O3/c1-16-12-21(25-15-24-16)28(19-2-3-19)20-4-8-26(9-5-20)23(30)17-13-22(29)27(14-17)18-6-10-31-11-7-18/h12,15,17-20H,2-11,13-14H2,1H3. The van der Waals surface area contributed by atoms with Crippen molar-refractivity contribution in [2.45, 2.75) is 70.0 Å². The van der Waals surface area contributed by atoms with E-state index in [0.29, 0.717) is 38.3 Å². The number of rotatable bonds is 5. The lowest BCUT2D eigenvalue weighted by Gasteiger charge is -2.40. The molecule has 8 heteroatoms. The number of amides is 2. The van der Waals surface area contributed by atoms with Crippen LogP contribution in [-0.2, 0) is 14.3 Å². The quantitative estimate of drug-likeness (QED) is 0.713. The molecule has 0 spiro atoms. The first kappa shape index (κ1) is 20.7. The van der Waals surface area contributed by atoms with E-state index in [9.17, 15) is 9.59 Å². The van der Waals surface area contributed by atoms with Crippen molar-refractivity contribution < 1.29 is 14.3 Å². The van der Waals surface area contributed by atoms with E-state index in [-0.39, 0.29) is 23.8 Å². The number of likely N-dealkylation sites (tertiary alicyclic amines) is 2. The van der Waals surface area contributed by atoms with Gasteiger partial charge in [0, 0.05) is 69.2 Å². The Kier molecular flexibility index (Phi) is 5.82. The van der Waals surface area contributed by atoms with Crippen molar-refractivity contribution in [2.75, 3.05) is 37.7 Å². The van der Waals surface area contributed by atoms with Crippen molar-refractivity contribution >= 4 is 17.6 Å². The molecule has 0 N–H and O–H groups in total. The molecule has 1 atom stereocenters. The Morgan fingerprint density at radius 3 is 2.45 bits per heavy atom. The van der Waals surface area contributed by atoms with Crippen LogP contribution in [0, 0.1) is 12.8 Å². The number of aromatic nitrogens is 2. The minimum atomic E-state index is -0.184. The molecule has 4 heterocycles. The van der Waals surface area contributed by atoms with E-state index >= 15 is 0 Å². The van der Waals surface area contributed by atoms with Crippen LogP contribution in [0.5, 0.6) is 0 Å². The molecule has 0 aromatic carbocycles. The Bertz CT molecular complexity index is 815. The molecule has 1 saturated carbocycles. The van der Waals surface area contributed by atoms with Gasteiger partial charge in [-0.05, 0) is 45.4 Å². The lowest BCUT2D eigenvalue weighted by molar-refractivity contribution is -0.136. The minimum Gasteiger partial charge on any atom is -0.381 e. The third-order valence-corrected chi connectivity index (χ3v) is 7.30. The van der Waals surface area contributed by atoms with Gasteiger partial charge in [-0.15, -0.1) is 0 Å². The SMILES string of the molecule is Cc1cc(N(C2CC2)C2CCN(C(=O)C3CC(=O)N(C4CCOCC4)C3)CC2)ncn1. The molecule has 2 amide bonds. The molecule has 4 aliphatic rings. The first-order chi connectivity index (χ1) is 15.1. The van der Waals surface area contributed by atoms with Crippen molar-refractivity contribution in [3.8, 4) is 0 Å². The smallest absolute Gasteiger partial charge is 0.227 e. The second-order valence-corrected chi connectivity index (χ2v) is 9.50. The molecule has 3 saturated heterocycles. The van der Waals surface area contributed by atoms with E-state index in [1.807, 2.05) is 16.7 Å². The van der Waals surface area contributed by atoms with Crippen molar-refractivity contribution in [3.63, 3.8) is 0 Å². The molecule has 1 aromatic rings. The molecular weight excluding hydrogens is 394 g/mol. The highest BCUT2D eigenvalue weighted by atomic mass is 16.5. The van der Waals surface area contributed by atoms with Gasteiger partial charge in [0.1, 0.15) is 12.1 Å². The summed E-state index contributed by atoms with van der Waals surface area (Å²) in [4.78, 5) is 41.0. The van der Waals surface area contributed by atoms with E-state index in [1.54, 1.807) is 6.33 Å². The highest BCUT2D eigenvalue weighted by Gasteiger charge is 2.42. The molecule has 3 aliphatic heterocycles. The van der Waals surface area contributed by atoms with Gasteiger partial charge in [0.25, 0.3) is 0 Å².